The first kappa shape index (κ1) is 29.2. The zero-order chi connectivity index (χ0) is 27.5. The Morgan fingerprint density at radius 3 is 2.50 bits per heavy atom. The number of aromatic hydroxyl groups is 1. The minimum absolute atomic E-state index is 0.0240. The number of amides is 4. The number of benzene rings is 1. The van der Waals surface area contributed by atoms with E-state index < -0.39 is 17.9 Å². The molecule has 0 unspecified atom stereocenters. The van der Waals surface area contributed by atoms with E-state index in [1.807, 2.05) is 4.90 Å². The van der Waals surface area contributed by atoms with Gasteiger partial charge in [0.2, 0.25) is 11.8 Å². The molecule has 2 bridgehead atoms. The lowest BCUT2D eigenvalue weighted by molar-refractivity contribution is -0.135. The van der Waals surface area contributed by atoms with Crippen LogP contribution in [-0.4, -0.2) is 122 Å². The van der Waals surface area contributed by atoms with Gasteiger partial charge >= 0.3 is 0 Å². The van der Waals surface area contributed by atoms with E-state index in [4.69, 9.17) is 9.47 Å². The Hall–Kier alpha value is -3.38. The van der Waals surface area contributed by atoms with Gasteiger partial charge in [0, 0.05) is 57.9 Å². The molecule has 12 heteroatoms. The summed E-state index contributed by atoms with van der Waals surface area (Å²) >= 11 is 0. The Morgan fingerprint density at radius 2 is 1.74 bits per heavy atom. The molecule has 3 N–H and O–H groups in total. The van der Waals surface area contributed by atoms with Gasteiger partial charge < -0.3 is 35.0 Å². The van der Waals surface area contributed by atoms with Gasteiger partial charge in [-0.3, -0.25) is 24.1 Å². The molecule has 0 radical (unpaired) electrons. The summed E-state index contributed by atoms with van der Waals surface area (Å²) in [7, 11) is 1.69. The van der Waals surface area contributed by atoms with Crippen molar-refractivity contribution in [3.63, 3.8) is 0 Å². The number of nitrogens with zero attached hydrogens (tertiary/aromatic N) is 3. The Morgan fingerprint density at radius 1 is 1.03 bits per heavy atom. The van der Waals surface area contributed by atoms with E-state index in [0.29, 0.717) is 78.3 Å². The van der Waals surface area contributed by atoms with Gasteiger partial charge in [0.05, 0.1) is 19.8 Å². The second-order valence-corrected chi connectivity index (χ2v) is 9.64. The van der Waals surface area contributed by atoms with Crippen molar-refractivity contribution in [3.05, 3.63) is 23.8 Å². The highest BCUT2D eigenvalue weighted by atomic mass is 16.5. The average molecular weight is 534 g/mol. The van der Waals surface area contributed by atoms with Crippen molar-refractivity contribution in [2.75, 3.05) is 72.7 Å². The number of fused-ring (bicyclic) bond motifs is 2. The zero-order valence-electron chi connectivity index (χ0n) is 22.2. The summed E-state index contributed by atoms with van der Waals surface area (Å²) in [6.45, 7) is 6.05. The maximum atomic E-state index is 13.1. The molecule has 1 fully saturated rings. The number of carbonyl (C=O) groups is 4. The Kier molecular flexibility index (Phi) is 11.2. The van der Waals surface area contributed by atoms with Crippen LogP contribution in [0.25, 0.3) is 0 Å². The number of hydrogen-bond donors (Lipinski definition) is 3. The molecule has 210 valence electrons. The molecule has 2 heterocycles. The van der Waals surface area contributed by atoms with Crippen LogP contribution in [0.4, 0.5) is 0 Å². The molecule has 2 aliphatic rings. The first-order valence-electron chi connectivity index (χ1n) is 13.1. The highest BCUT2D eigenvalue weighted by molar-refractivity contribution is 5.95. The number of rotatable bonds is 2. The average Bonchev–Trinajstić information content (AvgIpc) is 2.89. The van der Waals surface area contributed by atoms with Crippen molar-refractivity contribution in [2.24, 2.45) is 0 Å². The summed E-state index contributed by atoms with van der Waals surface area (Å²) in [6, 6.07) is 3.29. The number of likely N-dealkylation sites (N-methyl/N-ethyl adjacent to an activating group) is 1. The predicted molar refractivity (Wildman–Crippen MR) is 139 cm³/mol. The smallest absolute Gasteiger partial charge is 0.258 e. The standard InChI is InChI=1S/C26H39N5O7/c1-19-26(36)29(2)7-3-4-8-31(24(34)17-30-10-12-37-13-11-30)9-5-6-27-25(35)20-14-21(32)16-22(15-20)38-18-23(33)28-19/h14-16,19,32H,3-13,17-18H2,1-2H3,(H,27,35)(H,28,33)/t19-/m0/s1. The third-order valence-electron chi connectivity index (χ3n) is 6.52. The number of hydrogen-bond acceptors (Lipinski definition) is 8. The van der Waals surface area contributed by atoms with Crippen LogP contribution in [0.15, 0.2) is 18.2 Å². The molecule has 12 nitrogen and oxygen atoms in total. The van der Waals surface area contributed by atoms with Gasteiger partial charge in [0.1, 0.15) is 17.5 Å². The lowest BCUT2D eigenvalue weighted by Crippen LogP contribution is -2.47. The first-order chi connectivity index (χ1) is 18.2. The lowest BCUT2D eigenvalue weighted by Gasteiger charge is -2.30. The normalized spacial score (nSPS) is 21.7. The van der Waals surface area contributed by atoms with Gasteiger partial charge in [0.15, 0.2) is 6.61 Å². The molecule has 1 aromatic rings. The van der Waals surface area contributed by atoms with E-state index in [1.165, 1.54) is 18.2 Å². The highest BCUT2D eigenvalue weighted by Gasteiger charge is 2.22. The largest absolute Gasteiger partial charge is 0.508 e. The second-order valence-electron chi connectivity index (χ2n) is 9.64. The van der Waals surface area contributed by atoms with Crippen molar-refractivity contribution in [3.8, 4) is 11.5 Å². The minimum Gasteiger partial charge on any atom is -0.508 e. The highest BCUT2D eigenvalue weighted by Crippen LogP contribution is 2.22. The number of phenolic OH excluding ortho intramolecular Hbond substituents is 1. The SMILES string of the molecule is C[C@@H]1NC(=O)COc2cc(O)cc(c2)C(=O)NCCCN(C(=O)CN2CCOCC2)CCCCN(C)C1=O. The summed E-state index contributed by atoms with van der Waals surface area (Å²) < 4.78 is 10.8. The molecule has 4 amide bonds. The molecule has 0 spiro atoms. The summed E-state index contributed by atoms with van der Waals surface area (Å²) in [6.07, 6.45) is 1.96. The number of ether oxygens (including phenoxy) is 2. The van der Waals surface area contributed by atoms with Gasteiger partial charge in [-0.05, 0) is 38.3 Å². The van der Waals surface area contributed by atoms with Crippen molar-refractivity contribution in [2.45, 2.75) is 32.2 Å². The van der Waals surface area contributed by atoms with Crippen LogP contribution in [0.2, 0.25) is 0 Å². The number of carbonyl (C=O) groups excluding carboxylic acids is 4. The topological polar surface area (TPSA) is 141 Å². The van der Waals surface area contributed by atoms with Crippen LogP contribution in [0.3, 0.4) is 0 Å². The molecule has 0 aliphatic carbocycles. The Bertz CT molecular complexity index is 983. The van der Waals surface area contributed by atoms with Gasteiger partial charge in [0.25, 0.3) is 11.8 Å². The van der Waals surface area contributed by atoms with E-state index in [1.54, 1.807) is 18.9 Å². The number of phenols is 1. The van der Waals surface area contributed by atoms with Crippen molar-refractivity contribution >= 4 is 23.6 Å². The molecular formula is C26H39N5O7. The first-order valence-corrected chi connectivity index (χ1v) is 13.1. The summed E-state index contributed by atoms with van der Waals surface area (Å²) in [5.41, 5.74) is 0.181. The van der Waals surface area contributed by atoms with E-state index in [9.17, 15) is 24.3 Å². The molecule has 3 rings (SSSR count). The van der Waals surface area contributed by atoms with E-state index >= 15 is 0 Å². The summed E-state index contributed by atoms with van der Waals surface area (Å²) in [5, 5.41) is 15.5. The minimum atomic E-state index is -0.751. The number of morpholine rings is 1. The van der Waals surface area contributed by atoms with Gasteiger partial charge in [-0.25, -0.2) is 0 Å². The van der Waals surface area contributed by atoms with Gasteiger partial charge in [-0.1, -0.05) is 0 Å². The third-order valence-corrected chi connectivity index (χ3v) is 6.52. The quantitative estimate of drug-likeness (QED) is 0.475. The van der Waals surface area contributed by atoms with Crippen molar-refractivity contribution in [1.82, 2.24) is 25.3 Å². The molecule has 1 saturated heterocycles. The summed E-state index contributed by atoms with van der Waals surface area (Å²) in [4.78, 5) is 56.2. The van der Waals surface area contributed by atoms with Crippen molar-refractivity contribution in [1.29, 1.82) is 0 Å². The van der Waals surface area contributed by atoms with Crippen LogP contribution >= 0.6 is 0 Å². The predicted octanol–water partition coefficient (Wildman–Crippen LogP) is -0.191. The number of nitrogens with one attached hydrogen (secondary N) is 2. The maximum Gasteiger partial charge on any atom is 0.258 e. The summed E-state index contributed by atoms with van der Waals surface area (Å²) in [5.74, 6) is -1.15. The monoisotopic (exact) mass is 533 g/mol. The van der Waals surface area contributed by atoms with Crippen molar-refractivity contribution < 1.29 is 33.8 Å². The lowest BCUT2D eigenvalue weighted by atomic mass is 10.2. The van der Waals surface area contributed by atoms with Gasteiger partial charge in [-0.15, -0.1) is 0 Å². The van der Waals surface area contributed by atoms with Crippen LogP contribution in [0, 0.1) is 0 Å². The van der Waals surface area contributed by atoms with E-state index in [2.05, 4.69) is 15.5 Å². The molecular weight excluding hydrogens is 494 g/mol. The fourth-order valence-corrected chi connectivity index (χ4v) is 4.37. The third kappa shape index (κ3) is 9.18. The Labute approximate surface area is 223 Å². The maximum absolute atomic E-state index is 13.1. The fraction of sp³-hybridized carbons (Fsp3) is 0.615. The molecule has 2 aliphatic heterocycles. The molecule has 0 saturated carbocycles. The van der Waals surface area contributed by atoms with Gasteiger partial charge in [-0.2, -0.15) is 0 Å². The second kappa shape index (κ2) is 14.5. The molecule has 0 aromatic heterocycles. The molecule has 38 heavy (non-hydrogen) atoms. The molecule has 1 aromatic carbocycles. The van der Waals surface area contributed by atoms with Crippen LogP contribution in [-0.2, 0) is 19.1 Å². The zero-order valence-corrected chi connectivity index (χ0v) is 22.2. The van der Waals surface area contributed by atoms with E-state index in [-0.39, 0.29) is 35.5 Å². The van der Waals surface area contributed by atoms with Crippen LogP contribution in [0.1, 0.15) is 36.5 Å². The van der Waals surface area contributed by atoms with Crippen LogP contribution in [0.5, 0.6) is 11.5 Å². The van der Waals surface area contributed by atoms with E-state index in [0.717, 1.165) is 0 Å². The Balaban J connectivity index is 1.69. The van der Waals surface area contributed by atoms with Crippen LogP contribution < -0.4 is 15.4 Å². The fourth-order valence-electron chi connectivity index (χ4n) is 4.37. The molecule has 1 atom stereocenters.